The van der Waals surface area contributed by atoms with E-state index in [1.54, 1.807) is 42.9 Å². The van der Waals surface area contributed by atoms with Crippen molar-refractivity contribution in [2.45, 2.75) is 25.8 Å². The maximum absolute atomic E-state index is 13.7. The number of aromatic nitrogens is 4. The number of amides is 1. The Labute approximate surface area is 185 Å². The monoisotopic (exact) mass is 444 g/mol. The molecule has 0 radical (unpaired) electrons. The Morgan fingerprint density at radius 2 is 2.00 bits per heavy atom. The lowest BCUT2D eigenvalue weighted by Gasteiger charge is -2.40. The van der Waals surface area contributed by atoms with Crippen molar-refractivity contribution in [2.24, 2.45) is 5.92 Å². The molecule has 0 bridgehead atoms. The van der Waals surface area contributed by atoms with Gasteiger partial charge in [-0.1, -0.05) is 36.2 Å². The molecule has 9 heteroatoms. The molecule has 1 N–H and O–H groups in total. The highest BCUT2D eigenvalue weighted by Gasteiger charge is 2.34. The molecule has 1 amide bonds. The predicted octanol–water partition coefficient (Wildman–Crippen LogP) is 4.32. The molecule has 0 aliphatic carbocycles. The van der Waals surface area contributed by atoms with Crippen molar-refractivity contribution in [3.05, 3.63) is 64.5 Å². The minimum atomic E-state index is -0.115. The number of carbonyl (C=O) groups excluding carboxylic acids is 1. The fourth-order valence-corrected chi connectivity index (χ4v) is 4.24. The number of hydrogen-bond donors (Lipinski definition) is 1. The van der Waals surface area contributed by atoms with Crippen LogP contribution in [-0.4, -0.2) is 49.9 Å². The smallest absolute Gasteiger partial charge is 0.257 e. The zero-order valence-corrected chi connectivity index (χ0v) is 18.0. The van der Waals surface area contributed by atoms with Crippen LogP contribution < -0.4 is 5.32 Å². The van der Waals surface area contributed by atoms with Gasteiger partial charge < -0.3 is 10.2 Å². The maximum atomic E-state index is 13.7. The van der Waals surface area contributed by atoms with Crippen LogP contribution in [0.15, 0.2) is 48.9 Å². The second-order valence-electron chi connectivity index (χ2n) is 7.38. The largest absolute Gasteiger partial charge is 0.368 e. The van der Waals surface area contributed by atoms with Gasteiger partial charge in [0.05, 0.1) is 39.7 Å². The van der Waals surface area contributed by atoms with Crippen LogP contribution in [0.25, 0.3) is 5.69 Å². The Balaban J connectivity index is 1.61. The summed E-state index contributed by atoms with van der Waals surface area (Å²) in [5.74, 6) is 0.940. The number of pyridine rings is 1. The van der Waals surface area contributed by atoms with Gasteiger partial charge >= 0.3 is 0 Å². The van der Waals surface area contributed by atoms with Crippen LogP contribution in [0.2, 0.25) is 10.0 Å². The maximum Gasteiger partial charge on any atom is 0.257 e. The normalized spacial score (nSPS) is 19.0. The Morgan fingerprint density at radius 3 is 2.73 bits per heavy atom. The van der Waals surface area contributed by atoms with Gasteiger partial charge in [-0.15, -0.1) is 0 Å². The molecule has 0 saturated carbocycles. The summed E-state index contributed by atoms with van der Waals surface area (Å²) in [5, 5.41) is 12.7. The summed E-state index contributed by atoms with van der Waals surface area (Å²) in [6.45, 7) is 3.42. The summed E-state index contributed by atoms with van der Waals surface area (Å²) in [7, 11) is 0. The molecular formula is C21H22Cl2N6O. The van der Waals surface area contributed by atoms with Crippen molar-refractivity contribution in [2.75, 3.05) is 18.4 Å². The van der Waals surface area contributed by atoms with E-state index < -0.39 is 0 Å². The van der Waals surface area contributed by atoms with Crippen molar-refractivity contribution in [1.29, 1.82) is 0 Å². The third kappa shape index (κ3) is 4.27. The van der Waals surface area contributed by atoms with E-state index in [0.29, 0.717) is 40.3 Å². The van der Waals surface area contributed by atoms with E-state index in [-0.39, 0.29) is 11.9 Å². The Hall–Kier alpha value is -2.64. The van der Waals surface area contributed by atoms with Crippen LogP contribution in [0.4, 0.5) is 5.82 Å². The summed E-state index contributed by atoms with van der Waals surface area (Å²) in [4.78, 5) is 21.3. The topological polar surface area (TPSA) is 75.9 Å². The van der Waals surface area contributed by atoms with E-state index in [0.717, 1.165) is 18.7 Å². The van der Waals surface area contributed by atoms with Crippen molar-refractivity contribution >= 4 is 34.9 Å². The van der Waals surface area contributed by atoms with Crippen LogP contribution in [-0.2, 0) is 0 Å². The lowest BCUT2D eigenvalue weighted by molar-refractivity contribution is 0.0540. The van der Waals surface area contributed by atoms with E-state index in [1.807, 2.05) is 11.0 Å². The molecule has 3 heterocycles. The van der Waals surface area contributed by atoms with Gasteiger partial charge in [0.15, 0.2) is 0 Å². The molecule has 0 unspecified atom stereocenters. The Morgan fingerprint density at radius 1 is 1.20 bits per heavy atom. The van der Waals surface area contributed by atoms with Gasteiger partial charge in [0.1, 0.15) is 5.82 Å². The minimum absolute atomic E-state index is 0.00145. The SMILES string of the molecule is C[C@@H]1CCCN(C(=O)c2c(Cl)cccc2-n2nccn2)[C@@H]1CNc1ccc(Cl)cn1. The molecule has 7 nitrogen and oxygen atoms in total. The van der Waals surface area contributed by atoms with Crippen LogP contribution in [0.1, 0.15) is 30.1 Å². The first kappa shape index (κ1) is 20.6. The average molecular weight is 445 g/mol. The first-order chi connectivity index (χ1) is 14.5. The van der Waals surface area contributed by atoms with E-state index in [9.17, 15) is 4.79 Å². The Bertz CT molecular complexity index is 1010. The summed E-state index contributed by atoms with van der Waals surface area (Å²) in [6.07, 6.45) is 6.75. The lowest BCUT2D eigenvalue weighted by atomic mass is 9.90. The molecule has 2 atom stereocenters. The highest BCUT2D eigenvalue weighted by Crippen LogP contribution is 2.30. The average Bonchev–Trinajstić information content (AvgIpc) is 3.28. The second-order valence-corrected chi connectivity index (χ2v) is 8.22. The molecule has 156 valence electrons. The highest BCUT2D eigenvalue weighted by molar-refractivity contribution is 6.34. The van der Waals surface area contributed by atoms with Crippen molar-refractivity contribution in [1.82, 2.24) is 24.9 Å². The minimum Gasteiger partial charge on any atom is -0.368 e. The number of benzene rings is 1. The quantitative estimate of drug-likeness (QED) is 0.633. The third-order valence-electron chi connectivity index (χ3n) is 5.44. The molecule has 1 saturated heterocycles. The molecule has 4 rings (SSSR count). The fourth-order valence-electron chi connectivity index (χ4n) is 3.88. The number of piperidine rings is 1. The summed E-state index contributed by atoms with van der Waals surface area (Å²) < 4.78 is 0. The van der Waals surface area contributed by atoms with Crippen LogP contribution >= 0.6 is 23.2 Å². The van der Waals surface area contributed by atoms with Crippen molar-refractivity contribution < 1.29 is 4.79 Å². The number of hydrogen-bond acceptors (Lipinski definition) is 5. The molecule has 1 aliphatic heterocycles. The molecule has 0 spiro atoms. The number of halogens is 2. The van der Waals surface area contributed by atoms with Crippen LogP contribution in [0.5, 0.6) is 0 Å². The zero-order chi connectivity index (χ0) is 21.1. The second kappa shape index (κ2) is 9.02. The lowest BCUT2D eigenvalue weighted by Crippen LogP contribution is -2.51. The van der Waals surface area contributed by atoms with Gasteiger partial charge in [0.25, 0.3) is 5.91 Å². The van der Waals surface area contributed by atoms with Crippen LogP contribution in [0.3, 0.4) is 0 Å². The van der Waals surface area contributed by atoms with E-state index in [4.69, 9.17) is 23.2 Å². The summed E-state index contributed by atoms with van der Waals surface area (Å²) >= 11 is 12.4. The third-order valence-corrected chi connectivity index (χ3v) is 5.97. The van der Waals surface area contributed by atoms with Gasteiger partial charge in [0.2, 0.25) is 0 Å². The van der Waals surface area contributed by atoms with E-state index >= 15 is 0 Å². The van der Waals surface area contributed by atoms with Gasteiger partial charge in [-0.25, -0.2) is 4.98 Å². The number of rotatable bonds is 5. The zero-order valence-electron chi connectivity index (χ0n) is 16.5. The van der Waals surface area contributed by atoms with E-state index in [1.165, 1.54) is 4.80 Å². The van der Waals surface area contributed by atoms with Crippen molar-refractivity contribution in [3.63, 3.8) is 0 Å². The number of nitrogens with one attached hydrogen (secondary N) is 1. The molecular weight excluding hydrogens is 423 g/mol. The van der Waals surface area contributed by atoms with Gasteiger partial charge in [0, 0.05) is 19.3 Å². The predicted molar refractivity (Wildman–Crippen MR) is 117 cm³/mol. The number of likely N-dealkylation sites (tertiary alicyclic amines) is 1. The highest BCUT2D eigenvalue weighted by atomic mass is 35.5. The standard InChI is InChI=1S/C21H22Cl2N6O/c1-14-4-3-11-28(18(14)13-25-19-8-7-15(22)12-24-19)21(30)20-16(23)5-2-6-17(20)29-26-9-10-27-29/h2,5-10,12,14,18H,3-4,11,13H2,1H3,(H,24,25)/t14-,18-/m1/s1. The molecule has 3 aromatic rings. The first-order valence-electron chi connectivity index (χ1n) is 9.86. The summed E-state index contributed by atoms with van der Waals surface area (Å²) in [6, 6.07) is 8.94. The Kier molecular flexibility index (Phi) is 6.20. The van der Waals surface area contributed by atoms with E-state index in [2.05, 4.69) is 27.4 Å². The first-order valence-corrected chi connectivity index (χ1v) is 10.6. The molecule has 2 aromatic heterocycles. The molecule has 1 aromatic carbocycles. The van der Waals surface area contributed by atoms with Gasteiger partial charge in [-0.05, 0) is 43.0 Å². The number of anilines is 1. The summed E-state index contributed by atoms with van der Waals surface area (Å²) in [5.41, 5.74) is 0.987. The van der Waals surface area contributed by atoms with Gasteiger partial charge in [-0.3, -0.25) is 4.79 Å². The van der Waals surface area contributed by atoms with Crippen LogP contribution in [0, 0.1) is 5.92 Å². The molecule has 1 fully saturated rings. The molecule has 1 aliphatic rings. The van der Waals surface area contributed by atoms with Crippen molar-refractivity contribution in [3.8, 4) is 5.69 Å². The fraction of sp³-hybridized carbons (Fsp3) is 0.333. The number of carbonyl (C=O) groups is 1. The number of nitrogens with zero attached hydrogens (tertiary/aromatic N) is 5. The molecule has 30 heavy (non-hydrogen) atoms. The van der Waals surface area contributed by atoms with Gasteiger partial charge in [-0.2, -0.15) is 15.0 Å².